The summed E-state index contributed by atoms with van der Waals surface area (Å²) in [4.78, 5) is 25.0. The molecular weight excluding hydrogens is 564 g/mol. The van der Waals surface area contributed by atoms with Crippen molar-refractivity contribution in [1.82, 2.24) is 24.8 Å². The number of pyridine rings is 1. The Morgan fingerprint density at radius 1 is 1.07 bits per heavy atom. The third kappa shape index (κ3) is 5.43. The van der Waals surface area contributed by atoms with E-state index in [1.807, 2.05) is 36.4 Å². The molecule has 2 aliphatic heterocycles. The number of rotatable bonds is 7. The van der Waals surface area contributed by atoms with Crippen LogP contribution in [0, 0.1) is 0 Å². The average molecular weight is 601 g/mol. The second-order valence-electron chi connectivity index (χ2n) is 11.2. The molecule has 6 rings (SSSR count). The second-order valence-corrected chi connectivity index (χ2v) is 13.3. The topological polar surface area (TPSA) is 124 Å². The second kappa shape index (κ2) is 11.3. The van der Waals surface area contributed by atoms with Gasteiger partial charge in [0.05, 0.1) is 11.3 Å². The van der Waals surface area contributed by atoms with Crippen molar-refractivity contribution < 1.29 is 8.42 Å². The normalized spacial score (nSPS) is 18.2. The molecule has 4 aromatic rings. The van der Waals surface area contributed by atoms with Crippen LogP contribution in [0.1, 0.15) is 29.3 Å². The minimum Gasteiger partial charge on any atom is -0.382 e. The maximum absolute atomic E-state index is 14.1. The number of fused-ring (bicyclic) bond motifs is 2. The van der Waals surface area contributed by atoms with Crippen LogP contribution in [-0.2, 0) is 16.4 Å². The lowest BCUT2D eigenvalue weighted by Crippen LogP contribution is -2.43. The van der Waals surface area contributed by atoms with E-state index in [1.54, 1.807) is 43.4 Å². The van der Waals surface area contributed by atoms with E-state index in [0.29, 0.717) is 22.8 Å². The summed E-state index contributed by atoms with van der Waals surface area (Å²) >= 11 is 0. The van der Waals surface area contributed by atoms with Crippen LogP contribution in [0.2, 0.25) is 0 Å². The Labute approximate surface area is 251 Å². The zero-order valence-electron chi connectivity index (χ0n) is 24.5. The molecule has 4 heterocycles. The molecule has 11 nitrogen and oxygen atoms in total. The highest BCUT2D eigenvalue weighted by Crippen LogP contribution is 2.37. The average Bonchev–Trinajstić information content (AvgIpc) is 3.00. The molecule has 1 unspecified atom stereocenters. The number of hydrogen-bond donors (Lipinski definition) is 3. The quantitative estimate of drug-likeness (QED) is 0.291. The highest BCUT2D eigenvalue weighted by atomic mass is 32.2. The van der Waals surface area contributed by atoms with Gasteiger partial charge in [0, 0.05) is 62.3 Å². The number of nitrogens with one attached hydrogen (secondary N) is 3. The molecule has 1 fully saturated rings. The number of benzene rings is 2. The summed E-state index contributed by atoms with van der Waals surface area (Å²) in [6.45, 7) is 6.10. The van der Waals surface area contributed by atoms with Gasteiger partial charge >= 0.3 is 0 Å². The van der Waals surface area contributed by atoms with Gasteiger partial charge in [0.25, 0.3) is 15.6 Å². The van der Waals surface area contributed by atoms with E-state index in [1.165, 1.54) is 15.9 Å². The lowest BCUT2D eigenvalue weighted by Gasteiger charge is -2.34. The summed E-state index contributed by atoms with van der Waals surface area (Å²) in [5, 5.41) is 9.49. The lowest BCUT2D eigenvalue weighted by molar-refractivity contribution is 0.479. The van der Waals surface area contributed by atoms with Crippen LogP contribution in [0.3, 0.4) is 0 Å². The van der Waals surface area contributed by atoms with E-state index in [-0.39, 0.29) is 23.6 Å². The number of sulfonamides is 1. The summed E-state index contributed by atoms with van der Waals surface area (Å²) in [7, 11) is 1.11. The molecule has 1 saturated heterocycles. The van der Waals surface area contributed by atoms with E-state index in [0.717, 1.165) is 42.9 Å². The molecule has 0 amide bonds. The number of piperidine rings is 1. The Hall–Kier alpha value is -4.42. The van der Waals surface area contributed by atoms with Crippen LogP contribution in [0.5, 0.6) is 0 Å². The molecule has 3 N–H and O–H groups in total. The highest BCUT2D eigenvalue weighted by Gasteiger charge is 2.39. The minimum absolute atomic E-state index is 0.119. The fourth-order valence-electron chi connectivity index (χ4n) is 5.70. The van der Waals surface area contributed by atoms with Crippen LogP contribution in [0.15, 0.2) is 72.2 Å². The first-order valence-electron chi connectivity index (χ1n) is 14.3. The van der Waals surface area contributed by atoms with E-state index in [2.05, 4.69) is 27.5 Å². The first-order chi connectivity index (χ1) is 20.6. The minimum atomic E-state index is -3.97. The largest absolute Gasteiger partial charge is 0.382 e. The van der Waals surface area contributed by atoms with Gasteiger partial charge in [0.1, 0.15) is 5.65 Å². The summed E-state index contributed by atoms with van der Waals surface area (Å²) in [5.41, 5.74) is 3.71. The van der Waals surface area contributed by atoms with Crippen molar-refractivity contribution in [2.75, 3.05) is 49.2 Å². The van der Waals surface area contributed by atoms with Crippen LogP contribution in [0.25, 0.3) is 16.7 Å². The van der Waals surface area contributed by atoms with Crippen molar-refractivity contribution in [2.24, 2.45) is 0 Å². The Morgan fingerprint density at radius 2 is 1.77 bits per heavy atom. The first kappa shape index (κ1) is 28.7. The van der Waals surface area contributed by atoms with Crippen molar-refractivity contribution in [1.29, 1.82) is 0 Å². The zero-order valence-corrected chi connectivity index (χ0v) is 25.4. The van der Waals surface area contributed by atoms with Gasteiger partial charge in [-0.3, -0.25) is 13.7 Å². The van der Waals surface area contributed by atoms with Gasteiger partial charge in [-0.05, 0) is 67.9 Å². The van der Waals surface area contributed by atoms with Crippen LogP contribution < -0.4 is 25.8 Å². The summed E-state index contributed by atoms with van der Waals surface area (Å²) in [6.07, 6.45) is 3.88. The van der Waals surface area contributed by atoms with E-state index >= 15 is 0 Å². The third-order valence-corrected chi connectivity index (χ3v) is 10.2. The van der Waals surface area contributed by atoms with Gasteiger partial charge in [0.15, 0.2) is 5.37 Å². The van der Waals surface area contributed by atoms with Crippen molar-refractivity contribution in [3.05, 3.63) is 88.9 Å². The predicted molar refractivity (Wildman–Crippen MR) is 172 cm³/mol. The lowest BCUT2D eigenvalue weighted by atomic mass is 10.1. The van der Waals surface area contributed by atoms with Crippen LogP contribution in [0.4, 0.5) is 23.0 Å². The molecule has 2 aliphatic rings. The van der Waals surface area contributed by atoms with Crippen molar-refractivity contribution >= 4 is 49.8 Å². The van der Waals surface area contributed by atoms with E-state index in [4.69, 9.17) is 4.98 Å². The summed E-state index contributed by atoms with van der Waals surface area (Å²) in [6, 6.07) is 17.3. The van der Waals surface area contributed by atoms with Crippen LogP contribution >= 0.6 is 0 Å². The number of para-hydroxylation sites is 1. The number of hydrogen-bond acceptors (Lipinski definition) is 9. The van der Waals surface area contributed by atoms with Gasteiger partial charge < -0.3 is 20.9 Å². The monoisotopic (exact) mass is 600 g/mol. The van der Waals surface area contributed by atoms with E-state index in [9.17, 15) is 13.2 Å². The molecule has 224 valence electrons. The molecule has 0 radical (unpaired) electrons. The smallest absolute Gasteiger partial charge is 0.262 e. The number of anilines is 4. The molecule has 0 aliphatic carbocycles. The maximum Gasteiger partial charge on any atom is 0.262 e. The Balaban J connectivity index is 1.41. The van der Waals surface area contributed by atoms with Crippen molar-refractivity contribution in [3.8, 4) is 0 Å². The molecule has 2 aromatic carbocycles. The fraction of sp³-hybridized carbons (Fsp3) is 0.323. The van der Waals surface area contributed by atoms with Gasteiger partial charge in [0.2, 0.25) is 5.95 Å². The fourth-order valence-corrected chi connectivity index (χ4v) is 7.37. The Kier molecular flexibility index (Phi) is 7.57. The van der Waals surface area contributed by atoms with Crippen LogP contribution in [-0.4, -0.2) is 68.1 Å². The molecular formula is C31H36N8O3S. The molecule has 0 saturated carbocycles. The Bertz CT molecular complexity index is 1850. The molecule has 0 bridgehead atoms. The van der Waals surface area contributed by atoms with Gasteiger partial charge in [-0.15, -0.1) is 0 Å². The zero-order chi connectivity index (χ0) is 30.3. The van der Waals surface area contributed by atoms with Crippen molar-refractivity contribution in [3.63, 3.8) is 0 Å². The number of aromatic nitrogens is 3. The van der Waals surface area contributed by atoms with E-state index < -0.39 is 21.0 Å². The predicted octanol–water partition coefficient (Wildman–Crippen LogP) is 3.75. The maximum atomic E-state index is 14.1. The molecule has 0 spiro atoms. The van der Waals surface area contributed by atoms with Crippen molar-refractivity contribution in [2.45, 2.75) is 30.7 Å². The molecule has 12 heteroatoms. The highest BCUT2D eigenvalue weighted by molar-refractivity contribution is 7.92. The Morgan fingerprint density at radius 3 is 2.49 bits per heavy atom. The molecule has 1 atom stereocenters. The standard InChI is InChI=1S/C31H36N8O3S/c1-20(37(2)3)26-17-22-19-33-31(35-24-11-9-23(10-12-24)34-25-13-15-32-16-14-25)36-29(22)39(30(26)40)28-18-21-7-5-6-8-27(21)38(4)43(28,41)42/h5-12,17,19,25,28,32,34H,1,13-16,18H2,2-4H3,(H,33,35,36). The SMILES string of the molecule is C=C(c1cc2cnc(Nc3ccc(NC4CCNCC4)cc3)nc2n(C2Cc3ccccc3N(C)S2(=O)=O)c1=O)N(C)C. The summed E-state index contributed by atoms with van der Waals surface area (Å²) < 4.78 is 30.3. The summed E-state index contributed by atoms with van der Waals surface area (Å²) in [5.74, 6) is 0.251. The van der Waals surface area contributed by atoms with Gasteiger partial charge in [-0.1, -0.05) is 24.8 Å². The number of nitrogens with zero attached hydrogens (tertiary/aromatic N) is 5. The molecule has 2 aromatic heterocycles. The van der Waals surface area contributed by atoms with Gasteiger partial charge in [-0.2, -0.15) is 4.98 Å². The first-order valence-corrected chi connectivity index (χ1v) is 15.8. The van der Waals surface area contributed by atoms with Gasteiger partial charge in [-0.25, -0.2) is 13.4 Å². The molecule has 43 heavy (non-hydrogen) atoms. The third-order valence-electron chi connectivity index (χ3n) is 8.21.